The molecule has 0 N–H and O–H groups in total. The minimum absolute atomic E-state index is 0.0843. The van der Waals surface area contributed by atoms with Crippen LogP contribution in [0.1, 0.15) is 18.1 Å². The Bertz CT molecular complexity index is 1230. The molecule has 0 radical (unpaired) electrons. The fraction of sp³-hybridized carbons (Fsp3) is 0.200. The van der Waals surface area contributed by atoms with Crippen LogP contribution in [0.5, 0.6) is 0 Å². The first kappa shape index (κ1) is 20.5. The Balaban J connectivity index is 1.40. The van der Waals surface area contributed by atoms with Gasteiger partial charge in [-0.05, 0) is 42.7 Å². The van der Waals surface area contributed by atoms with Gasteiger partial charge in [-0.3, -0.25) is 14.3 Å². The van der Waals surface area contributed by atoms with Crippen molar-refractivity contribution >= 4 is 23.4 Å². The lowest BCUT2D eigenvalue weighted by Gasteiger charge is -2.22. The molecule has 1 aliphatic rings. The first-order chi connectivity index (χ1) is 15.7. The van der Waals surface area contributed by atoms with Gasteiger partial charge in [0.15, 0.2) is 11.0 Å². The van der Waals surface area contributed by atoms with Crippen molar-refractivity contribution in [2.75, 3.05) is 10.7 Å². The second kappa shape index (κ2) is 8.96. The molecule has 1 atom stereocenters. The fourth-order valence-electron chi connectivity index (χ4n) is 4.13. The molecule has 160 valence electrons. The molecule has 7 heteroatoms. The van der Waals surface area contributed by atoms with Gasteiger partial charge < -0.3 is 4.90 Å². The van der Waals surface area contributed by atoms with E-state index in [9.17, 15) is 4.79 Å². The largest absolute Gasteiger partial charge is 0.308 e. The Labute approximate surface area is 191 Å². The maximum absolute atomic E-state index is 13.2. The summed E-state index contributed by atoms with van der Waals surface area (Å²) in [7, 11) is 0. The molecular formula is C25H23N5OS. The summed E-state index contributed by atoms with van der Waals surface area (Å²) < 4.78 is 2.04. The van der Waals surface area contributed by atoms with Crippen molar-refractivity contribution in [3.8, 4) is 11.5 Å². The molecule has 5 rings (SSSR count). The van der Waals surface area contributed by atoms with Gasteiger partial charge in [-0.1, -0.05) is 66.4 Å². The fourth-order valence-corrected chi connectivity index (χ4v) is 4.93. The van der Waals surface area contributed by atoms with E-state index in [2.05, 4.69) is 40.3 Å². The highest BCUT2D eigenvalue weighted by Gasteiger charge is 2.30. The van der Waals surface area contributed by atoms with E-state index >= 15 is 0 Å². The van der Waals surface area contributed by atoms with Gasteiger partial charge >= 0.3 is 0 Å². The molecule has 2 aromatic carbocycles. The van der Waals surface area contributed by atoms with E-state index < -0.39 is 0 Å². The summed E-state index contributed by atoms with van der Waals surface area (Å²) in [6.45, 7) is 2.71. The number of rotatable bonds is 6. The Hall–Kier alpha value is -3.45. The number of carbonyl (C=O) groups excluding carboxylic acids is 1. The van der Waals surface area contributed by atoms with Crippen molar-refractivity contribution < 1.29 is 4.79 Å². The van der Waals surface area contributed by atoms with Crippen molar-refractivity contribution in [1.29, 1.82) is 0 Å². The lowest BCUT2D eigenvalue weighted by molar-refractivity contribution is -0.116. The number of aromatic nitrogens is 4. The number of para-hydroxylation sites is 1. The SMILES string of the molecule is CC1Cc2ccccc2N1C(=O)CSc1nnc(-c2ccccn2)n1Cc1ccccc1. The van der Waals surface area contributed by atoms with Crippen LogP contribution < -0.4 is 4.90 Å². The maximum Gasteiger partial charge on any atom is 0.237 e. The summed E-state index contributed by atoms with van der Waals surface area (Å²) in [5.74, 6) is 1.08. The highest BCUT2D eigenvalue weighted by Crippen LogP contribution is 2.33. The molecule has 4 aromatic rings. The van der Waals surface area contributed by atoms with Crippen LogP contribution in [0, 0.1) is 0 Å². The Morgan fingerprint density at radius 1 is 1.00 bits per heavy atom. The topological polar surface area (TPSA) is 63.9 Å². The first-order valence-corrected chi connectivity index (χ1v) is 11.6. The molecule has 2 aromatic heterocycles. The highest BCUT2D eigenvalue weighted by molar-refractivity contribution is 7.99. The summed E-state index contributed by atoms with van der Waals surface area (Å²) in [6, 6.07) is 24.2. The summed E-state index contributed by atoms with van der Waals surface area (Å²) >= 11 is 1.42. The number of pyridine rings is 1. The molecule has 0 saturated carbocycles. The van der Waals surface area contributed by atoms with Crippen LogP contribution in [-0.2, 0) is 17.8 Å². The molecule has 32 heavy (non-hydrogen) atoms. The minimum atomic E-state index is 0.0843. The zero-order chi connectivity index (χ0) is 21.9. The number of hydrogen-bond donors (Lipinski definition) is 0. The average Bonchev–Trinajstić information content (AvgIpc) is 3.38. The van der Waals surface area contributed by atoms with Crippen molar-refractivity contribution in [3.63, 3.8) is 0 Å². The van der Waals surface area contributed by atoms with E-state index in [0.29, 0.717) is 23.3 Å². The Morgan fingerprint density at radius 3 is 2.59 bits per heavy atom. The summed E-state index contributed by atoms with van der Waals surface area (Å²) in [5, 5.41) is 9.54. The number of fused-ring (bicyclic) bond motifs is 1. The van der Waals surface area contributed by atoms with Crippen molar-refractivity contribution in [3.05, 3.63) is 90.1 Å². The zero-order valence-corrected chi connectivity index (χ0v) is 18.6. The van der Waals surface area contributed by atoms with Crippen LogP contribution >= 0.6 is 11.8 Å². The number of amides is 1. The molecular weight excluding hydrogens is 418 g/mol. The number of nitrogens with zero attached hydrogens (tertiary/aromatic N) is 5. The van der Waals surface area contributed by atoms with E-state index in [4.69, 9.17) is 0 Å². The van der Waals surface area contributed by atoms with Crippen LogP contribution in [-0.4, -0.2) is 37.5 Å². The van der Waals surface area contributed by atoms with Gasteiger partial charge in [-0.25, -0.2) is 0 Å². The minimum Gasteiger partial charge on any atom is -0.308 e. The number of benzene rings is 2. The molecule has 0 saturated heterocycles. The van der Waals surface area contributed by atoms with Crippen LogP contribution in [0.3, 0.4) is 0 Å². The highest BCUT2D eigenvalue weighted by atomic mass is 32.2. The number of hydrogen-bond acceptors (Lipinski definition) is 5. The van der Waals surface area contributed by atoms with Crippen molar-refractivity contribution in [2.24, 2.45) is 0 Å². The predicted molar refractivity (Wildman–Crippen MR) is 127 cm³/mol. The van der Waals surface area contributed by atoms with Crippen LogP contribution in [0.25, 0.3) is 11.5 Å². The van der Waals surface area contributed by atoms with E-state index in [0.717, 1.165) is 23.4 Å². The molecule has 0 aliphatic carbocycles. The van der Waals surface area contributed by atoms with Gasteiger partial charge in [-0.2, -0.15) is 0 Å². The standard InChI is InChI=1S/C25H23N5OS/c1-18-15-20-11-5-6-13-22(20)30(18)23(31)17-32-25-28-27-24(21-12-7-8-14-26-21)29(25)16-19-9-3-2-4-10-19/h2-14,18H,15-17H2,1H3. The summed E-state index contributed by atoms with van der Waals surface area (Å²) in [4.78, 5) is 19.5. The third-order valence-electron chi connectivity index (χ3n) is 5.60. The third kappa shape index (κ3) is 4.03. The van der Waals surface area contributed by atoms with Crippen LogP contribution in [0.4, 0.5) is 5.69 Å². The Morgan fingerprint density at radius 2 is 1.78 bits per heavy atom. The van der Waals surface area contributed by atoms with Crippen molar-refractivity contribution in [2.45, 2.75) is 31.1 Å². The van der Waals surface area contributed by atoms with E-state index in [1.807, 2.05) is 64.1 Å². The molecule has 1 amide bonds. The lowest BCUT2D eigenvalue weighted by Crippen LogP contribution is -2.37. The first-order valence-electron chi connectivity index (χ1n) is 10.6. The molecule has 6 nitrogen and oxygen atoms in total. The molecule has 0 bridgehead atoms. The molecule has 1 aliphatic heterocycles. The van der Waals surface area contributed by atoms with Gasteiger partial charge in [0.05, 0.1) is 12.3 Å². The quantitative estimate of drug-likeness (QED) is 0.414. The molecule has 3 heterocycles. The van der Waals surface area contributed by atoms with Gasteiger partial charge in [0.25, 0.3) is 0 Å². The molecule has 0 fully saturated rings. The lowest BCUT2D eigenvalue weighted by atomic mass is 10.1. The van der Waals surface area contributed by atoms with Gasteiger partial charge in [0.1, 0.15) is 5.69 Å². The van der Waals surface area contributed by atoms with Crippen LogP contribution in [0.2, 0.25) is 0 Å². The number of anilines is 1. The number of thioether (sulfide) groups is 1. The smallest absolute Gasteiger partial charge is 0.237 e. The second-order valence-corrected chi connectivity index (χ2v) is 8.77. The summed E-state index contributed by atoms with van der Waals surface area (Å²) in [5.41, 5.74) is 4.14. The van der Waals surface area contributed by atoms with E-state index in [-0.39, 0.29) is 11.9 Å². The summed E-state index contributed by atoms with van der Waals surface area (Å²) in [6.07, 6.45) is 2.64. The van der Waals surface area contributed by atoms with Crippen molar-refractivity contribution in [1.82, 2.24) is 19.7 Å². The van der Waals surface area contributed by atoms with Gasteiger partial charge in [0, 0.05) is 17.9 Å². The molecule has 0 spiro atoms. The second-order valence-electron chi connectivity index (χ2n) is 7.83. The monoisotopic (exact) mass is 441 g/mol. The third-order valence-corrected chi connectivity index (χ3v) is 6.55. The van der Waals surface area contributed by atoms with Gasteiger partial charge in [0.2, 0.25) is 5.91 Å². The zero-order valence-electron chi connectivity index (χ0n) is 17.8. The van der Waals surface area contributed by atoms with Gasteiger partial charge in [-0.15, -0.1) is 10.2 Å². The van der Waals surface area contributed by atoms with E-state index in [1.54, 1.807) is 6.20 Å². The number of carbonyl (C=O) groups is 1. The average molecular weight is 442 g/mol. The van der Waals surface area contributed by atoms with E-state index in [1.165, 1.54) is 17.3 Å². The maximum atomic E-state index is 13.2. The van der Waals surface area contributed by atoms with Crippen LogP contribution in [0.15, 0.2) is 84.1 Å². The molecule has 1 unspecified atom stereocenters. The Kier molecular flexibility index (Phi) is 5.73. The normalized spacial score (nSPS) is 15.0. The predicted octanol–water partition coefficient (Wildman–Crippen LogP) is 4.46.